The Hall–Kier alpha value is -1.56. The van der Waals surface area contributed by atoms with Gasteiger partial charge in [0.15, 0.2) is 9.84 Å². The highest BCUT2D eigenvalue weighted by molar-refractivity contribution is 7.91. The van der Waals surface area contributed by atoms with E-state index in [1.165, 1.54) is 19.2 Å². The van der Waals surface area contributed by atoms with E-state index in [9.17, 15) is 13.2 Å². The first-order chi connectivity index (χ1) is 8.49. The molecule has 0 saturated heterocycles. The van der Waals surface area contributed by atoms with Crippen LogP contribution in [0.5, 0.6) is 5.75 Å². The molecule has 0 aliphatic rings. The van der Waals surface area contributed by atoms with Crippen LogP contribution >= 0.6 is 0 Å². The topological polar surface area (TPSA) is 72.5 Å². The number of methoxy groups -OCH3 is 1. The predicted octanol–water partition coefficient (Wildman–Crippen LogP) is 0.995. The summed E-state index contributed by atoms with van der Waals surface area (Å²) in [5.41, 5.74) is 0. The van der Waals surface area contributed by atoms with Crippen molar-refractivity contribution in [2.45, 2.75) is 18.2 Å². The lowest BCUT2D eigenvalue weighted by Crippen LogP contribution is -2.28. The zero-order valence-corrected chi connectivity index (χ0v) is 11.3. The van der Waals surface area contributed by atoms with Gasteiger partial charge in [0.25, 0.3) is 0 Å². The van der Waals surface area contributed by atoms with Crippen molar-refractivity contribution in [1.29, 1.82) is 0 Å². The van der Waals surface area contributed by atoms with Crippen LogP contribution in [-0.2, 0) is 14.6 Å². The van der Waals surface area contributed by atoms with Crippen molar-refractivity contribution >= 4 is 15.7 Å². The molecule has 5 nitrogen and oxygen atoms in total. The third kappa shape index (κ3) is 4.03. The molecule has 0 aromatic heterocycles. The molecule has 0 radical (unpaired) electrons. The van der Waals surface area contributed by atoms with Gasteiger partial charge in [0.1, 0.15) is 5.75 Å². The van der Waals surface area contributed by atoms with Crippen LogP contribution in [0.15, 0.2) is 29.2 Å². The van der Waals surface area contributed by atoms with Crippen molar-refractivity contribution in [2.75, 3.05) is 19.4 Å². The van der Waals surface area contributed by atoms with Crippen LogP contribution in [0.2, 0.25) is 0 Å². The number of hydrogen-bond donors (Lipinski definition) is 1. The summed E-state index contributed by atoms with van der Waals surface area (Å²) in [4.78, 5) is 11.2. The molecular formula is C12H17NO4S. The fourth-order valence-corrected chi connectivity index (χ4v) is 2.51. The summed E-state index contributed by atoms with van der Waals surface area (Å²) < 4.78 is 28.8. The molecule has 6 heteroatoms. The Balaban J connectivity index is 2.65. The zero-order chi connectivity index (χ0) is 13.6. The Morgan fingerprint density at radius 1 is 1.28 bits per heavy atom. The van der Waals surface area contributed by atoms with E-state index in [1.807, 2.05) is 0 Å². The van der Waals surface area contributed by atoms with Gasteiger partial charge in [-0.2, -0.15) is 0 Å². The molecule has 0 spiro atoms. The fraction of sp³-hybridized carbons (Fsp3) is 0.417. The van der Waals surface area contributed by atoms with Gasteiger partial charge in [0.05, 0.1) is 17.8 Å². The smallest absolute Gasteiger partial charge is 0.219 e. The van der Waals surface area contributed by atoms with Crippen molar-refractivity contribution in [3.05, 3.63) is 24.3 Å². The molecule has 100 valence electrons. The second kappa shape index (κ2) is 6.39. The lowest BCUT2D eigenvalue weighted by molar-refractivity contribution is -0.120. The van der Waals surface area contributed by atoms with Crippen LogP contribution in [0, 0.1) is 0 Å². The third-order valence-electron chi connectivity index (χ3n) is 2.43. The molecule has 0 heterocycles. The quantitative estimate of drug-likeness (QED) is 0.837. The molecule has 0 fully saturated rings. The molecule has 0 unspecified atom stereocenters. The van der Waals surface area contributed by atoms with Gasteiger partial charge in [0, 0.05) is 13.0 Å². The van der Waals surface area contributed by atoms with Gasteiger partial charge in [-0.05, 0) is 24.3 Å². The van der Waals surface area contributed by atoms with Gasteiger partial charge in [0.2, 0.25) is 5.91 Å². The molecule has 1 N–H and O–H groups in total. The molecule has 0 saturated carbocycles. The first-order valence-corrected chi connectivity index (χ1v) is 7.28. The maximum Gasteiger partial charge on any atom is 0.219 e. The number of hydrogen-bond acceptors (Lipinski definition) is 4. The average molecular weight is 271 g/mol. The molecule has 0 atom stereocenters. The van der Waals surface area contributed by atoms with Crippen molar-refractivity contribution in [2.24, 2.45) is 0 Å². The Morgan fingerprint density at radius 2 is 1.89 bits per heavy atom. The number of ether oxygens (including phenoxy) is 1. The largest absolute Gasteiger partial charge is 0.497 e. The second-order valence-corrected chi connectivity index (χ2v) is 5.81. The lowest BCUT2D eigenvalue weighted by atomic mass is 10.3. The Bertz CT molecular complexity index is 493. The van der Waals surface area contributed by atoms with Crippen molar-refractivity contribution in [1.82, 2.24) is 5.32 Å². The van der Waals surface area contributed by atoms with Crippen LogP contribution in [0.25, 0.3) is 0 Å². The molecule has 0 bridgehead atoms. The maximum absolute atomic E-state index is 11.9. The van der Waals surface area contributed by atoms with Crippen molar-refractivity contribution in [3.63, 3.8) is 0 Å². The lowest BCUT2D eigenvalue weighted by Gasteiger charge is -2.06. The molecule has 0 aliphatic heterocycles. The standard InChI is InChI=1S/C12H17NO4S/c1-3-12(14)13-8-9-18(15,16)11-6-4-10(17-2)5-7-11/h4-7H,3,8-9H2,1-2H3,(H,13,14). The fourth-order valence-electron chi connectivity index (χ4n) is 1.35. The maximum atomic E-state index is 11.9. The van der Waals surface area contributed by atoms with Crippen LogP contribution in [0.3, 0.4) is 0 Å². The minimum Gasteiger partial charge on any atom is -0.497 e. The zero-order valence-electron chi connectivity index (χ0n) is 10.5. The summed E-state index contributed by atoms with van der Waals surface area (Å²) >= 11 is 0. The first kappa shape index (κ1) is 14.5. The monoisotopic (exact) mass is 271 g/mol. The van der Waals surface area contributed by atoms with Crippen molar-refractivity contribution < 1.29 is 17.9 Å². The van der Waals surface area contributed by atoms with E-state index in [1.54, 1.807) is 19.1 Å². The number of rotatable bonds is 6. The van der Waals surface area contributed by atoms with Crippen LogP contribution in [-0.4, -0.2) is 33.7 Å². The van der Waals surface area contributed by atoms with Crippen LogP contribution in [0.4, 0.5) is 0 Å². The minimum atomic E-state index is -3.36. The van der Waals surface area contributed by atoms with E-state index in [0.717, 1.165) is 0 Å². The number of nitrogens with one attached hydrogen (secondary N) is 1. The van der Waals surface area contributed by atoms with Gasteiger partial charge in [-0.25, -0.2) is 8.42 Å². The first-order valence-electron chi connectivity index (χ1n) is 5.63. The number of carbonyl (C=O) groups is 1. The highest BCUT2D eigenvalue weighted by atomic mass is 32.2. The van der Waals surface area contributed by atoms with Gasteiger partial charge < -0.3 is 10.1 Å². The molecule has 18 heavy (non-hydrogen) atoms. The Labute approximate surface area is 107 Å². The highest BCUT2D eigenvalue weighted by Gasteiger charge is 2.14. The Kier molecular flexibility index (Phi) is 5.15. The van der Waals surface area contributed by atoms with E-state index < -0.39 is 9.84 Å². The van der Waals surface area contributed by atoms with Crippen LogP contribution in [0.1, 0.15) is 13.3 Å². The molecule has 1 rings (SSSR count). The molecular weight excluding hydrogens is 254 g/mol. The number of carbonyl (C=O) groups excluding carboxylic acids is 1. The van der Waals surface area contributed by atoms with Crippen molar-refractivity contribution in [3.8, 4) is 5.75 Å². The predicted molar refractivity (Wildman–Crippen MR) is 68.3 cm³/mol. The van der Waals surface area contributed by atoms with Gasteiger partial charge in [-0.3, -0.25) is 4.79 Å². The normalized spacial score (nSPS) is 11.0. The number of amides is 1. The molecule has 1 aromatic carbocycles. The summed E-state index contributed by atoms with van der Waals surface area (Å²) in [6.45, 7) is 1.84. The van der Waals surface area contributed by atoms with Crippen LogP contribution < -0.4 is 10.1 Å². The molecule has 0 aliphatic carbocycles. The van der Waals surface area contributed by atoms with E-state index in [0.29, 0.717) is 12.2 Å². The summed E-state index contributed by atoms with van der Waals surface area (Å²) in [5.74, 6) is 0.346. The summed E-state index contributed by atoms with van der Waals surface area (Å²) in [6.07, 6.45) is 0.350. The molecule has 1 aromatic rings. The average Bonchev–Trinajstić information content (AvgIpc) is 2.38. The third-order valence-corrected chi connectivity index (χ3v) is 4.16. The highest BCUT2D eigenvalue weighted by Crippen LogP contribution is 2.16. The summed E-state index contributed by atoms with van der Waals surface area (Å²) in [6, 6.07) is 6.18. The van der Waals surface area contributed by atoms with Gasteiger partial charge in [-0.1, -0.05) is 6.92 Å². The van der Waals surface area contributed by atoms with E-state index >= 15 is 0 Å². The van der Waals surface area contributed by atoms with E-state index in [4.69, 9.17) is 4.74 Å². The number of benzene rings is 1. The SMILES string of the molecule is CCC(=O)NCCS(=O)(=O)c1ccc(OC)cc1. The minimum absolute atomic E-state index is 0.106. The van der Waals surface area contributed by atoms with Gasteiger partial charge >= 0.3 is 0 Å². The van der Waals surface area contributed by atoms with E-state index in [-0.39, 0.29) is 23.1 Å². The van der Waals surface area contributed by atoms with E-state index in [2.05, 4.69) is 5.32 Å². The summed E-state index contributed by atoms with van der Waals surface area (Å²) in [5, 5.41) is 2.54. The van der Waals surface area contributed by atoms with Gasteiger partial charge in [-0.15, -0.1) is 0 Å². The number of sulfone groups is 1. The summed E-state index contributed by atoms with van der Waals surface area (Å²) in [7, 11) is -1.84. The second-order valence-electron chi connectivity index (χ2n) is 3.70. The molecule has 1 amide bonds. The Morgan fingerprint density at radius 3 is 2.39 bits per heavy atom.